The van der Waals surface area contributed by atoms with Gasteiger partial charge in [0.2, 0.25) is 0 Å². The van der Waals surface area contributed by atoms with E-state index in [0.29, 0.717) is 0 Å². The summed E-state index contributed by atoms with van der Waals surface area (Å²) >= 11 is 0. The molecule has 0 radical (unpaired) electrons. The third-order valence-corrected chi connectivity index (χ3v) is 10.4. The first-order valence-corrected chi connectivity index (χ1v) is 17.6. The topological polar surface area (TPSA) is 0 Å². The summed E-state index contributed by atoms with van der Waals surface area (Å²) in [4.78, 5) is 0. The Labute approximate surface area is 374 Å². The molecule has 240 valence electrons. The summed E-state index contributed by atoms with van der Waals surface area (Å²) in [6.07, 6.45) is -2.43. The van der Waals surface area contributed by atoms with Gasteiger partial charge in [0.25, 0.3) is 0 Å². The number of hydrogen-bond donors (Lipinski definition) is 0. The zero-order chi connectivity index (χ0) is 33.9. The van der Waals surface area contributed by atoms with Crippen LogP contribution in [-0.2, 0) is 0 Å². The van der Waals surface area contributed by atoms with E-state index in [4.69, 9.17) is 0 Å². The minimum Gasteiger partial charge on any atom is -0.195 e. The molecule has 0 amide bonds. The van der Waals surface area contributed by atoms with Crippen LogP contribution >= 0.6 is 0 Å². The van der Waals surface area contributed by atoms with Gasteiger partial charge in [-0.05, 0) is 0 Å². The second-order valence-corrected chi connectivity index (χ2v) is 13.0. The van der Waals surface area contributed by atoms with E-state index in [1.807, 2.05) is 0 Å². The molecule has 0 spiro atoms. The molecule has 0 aliphatic heterocycles. The SMILES string of the molecule is [K+].[Na+].c1ccc([B-](c2ccccc2)(c2ccccc2)c2ccccc2)cc1.c1ccc([B-](c2ccccc2)(c2ccccc2)c2ccccc2)cc1. The molecule has 0 N–H and O–H groups in total. The summed E-state index contributed by atoms with van der Waals surface area (Å²) in [7, 11) is 0. The van der Waals surface area contributed by atoms with Crippen LogP contribution in [0.15, 0.2) is 243 Å². The molecular weight excluding hydrogens is 660 g/mol. The number of benzene rings is 8. The quantitative estimate of drug-likeness (QED) is 0.198. The first kappa shape index (κ1) is 39.7. The van der Waals surface area contributed by atoms with Gasteiger partial charge in [0.1, 0.15) is 12.3 Å². The van der Waals surface area contributed by atoms with Crippen molar-refractivity contribution in [2.24, 2.45) is 0 Å². The molecule has 8 rings (SSSR count). The second kappa shape index (κ2) is 19.6. The van der Waals surface area contributed by atoms with Crippen molar-refractivity contribution in [3.05, 3.63) is 243 Å². The molecule has 8 aromatic rings. The van der Waals surface area contributed by atoms with Crippen molar-refractivity contribution in [1.29, 1.82) is 0 Å². The van der Waals surface area contributed by atoms with Crippen LogP contribution in [0.2, 0.25) is 0 Å². The smallest absolute Gasteiger partial charge is 0.195 e. The first-order chi connectivity index (χ1) is 24.8. The van der Waals surface area contributed by atoms with E-state index < -0.39 is 12.3 Å². The normalized spacial score (nSPS) is 10.8. The second-order valence-electron chi connectivity index (χ2n) is 13.0. The molecule has 0 aliphatic carbocycles. The van der Waals surface area contributed by atoms with Crippen molar-refractivity contribution in [2.45, 2.75) is 0 Å². The Hall–Kier alpha value is -3.47. The average molecular weight is 701 g/mol. The Morgan fingerprint density at radius 2 is 0.269 bits per heavy atom. The van der Waals surface area contributed by atoms with E-state index in [1.54, 1.807) is 0 Å². The van der Waals surface area contributed by atoms with Gasteiger partial charge in [-0.1, -0.05) is 243 Å². The van der Waals surface area contributed by atoms with Crippen LogP contribution < -0.4 is 125 Å². The standard InChI is InChI=1S/2C24H20B.K.Na/c2*1-5-13-21(14-6-1)25(22-15-7-2-8-16-22,23-17-9-3-10-18-23)24-19-11-4-12-20-24;;/h2*1-20H;;/q2*-1;2*+1. The van der Waals surface area contributed by atoms with Crippen LogP contribution in [0.25, 0.3) is 0 Å². The summed E-state index contributed by atoms with van der Waals surface area (Å²) in [5.41, 5.74) is 10.7. The van der Waals surface area contributed by atoms with E-state index in [-0.39, 0.29) is 80.9 Å². The molecule has 0 aliphatic rings. The van der Waals surface area contributed by atoms with Gasteiger partial charge in [0, 0.05) is 0 Å². The van der Waals surface area contributed by atoms with Gasteiger partial charge >= 0.3 is 80.9 Å². The van der Waals surface area contributed by atoms with Crippen LogP contribution in [-0.4, -0.2) is 12.3 Å². The van der Waals surface area contributed by atoms with E-state index in [1.165, 1.54) is 43.7 Å². The van der Waals surface area contributed by atoms with Gasteiger partial charge in [-0.15, -0.1) is 0 Å². The maximum atomic E-state index is 2.26. The average Bonchev–Trinajstić information content (AvgIpc) is 3.22. The zero-order valence-electron chi connectivity index (χ0n) is 30.2. The van der Waals surface area contributed by atoms with Crippen LogP contribution in [0.3, 0.4) is 0 Å². The molecule has 0 atom stereocenters. The van der Waals surface area contributed by atoms with Gasteiger partial charge in [-0.25, -0.2) is 0 Å². The third kappa shape index (κ3) is 8.19. The van der Waals surface area contributed by atoms with Gasteiger partial charge in [0.05, 0.1) is 0 Å². The minimum absolute atomic E-state index is 0. The minimum atomic E-state index is -1.22. The predicted molar refractivity (Wildman–Crippen MR) is 220 cm³/mol. The fourth-order valence-electron chi connectivity index (χ4n) is 8.24. The maximum absolute atomic E-state index is 2.26. The van der Waals surface area contributed by atoms with Gasteiger partial charge in [-0.3, -0.25) is 0 Å². The molecule has 52 heavy (non-hydrogen) atoms. The molecule has 8 aromatic carbocycles. The Morgan fingerprint density at radius 3 is 0.365 bits per heavy atom. The van der Waals surface area contributed by atoms with Crippen molar-refractivity contribution in [3.63, 3.8) is 0 Å². The van der Waals surface area contributed by atoms with Crippen LogP contribution in [0, 0.1) is 0 Å². The summed E-state index contributed by atoms with van der Waals surface area (Å²) < 4.78 is 0. The summed E-state index contributed by atoms with van der Waals surface area (Å²) in [6.45, 7) is 0. The third-order valence-electron chi connectivity index (χ3n) is 10.4. The molecule has 0 nitrogen and oxygen atoms in total. The van der Waals surface area contributed by atoms with Crippen molar-refractivity contribution in [2.75, 3.05) is 0 Å². The monoisotopic (exact) mass is 700 g/mol. The van der Waals surface area contributed by atoms with Crippen molar-refractivity contribution < 1.29 is 80.9 Å². The van der Waals surface area contributed by atoms with Gasteiger partial charge < -0.3 is 0 Å². The molecule has 4 heteroatoms. The van der Waals surface area contributed by atoms with Crippen LogP contribution in [0.5, 0.6) is 0 Å². The Morgan fingerprint density at radius 1 is 0.173 bits per heavy atom. The summed E-state index contributed by atoms with van der Waals surface area (Å²) in [6, 6.07) is 87.1. The molecule has 0 bridgehead atoms. The fraction of sp³-hybridized carbons (Fsp3) is 0. The van der Waals surface area contributed by atoms with Crippen LogP contribution in [0.4, 0.5) is 0 Å². The molecule has 0 heterocycles. The van der Waals surface area contributed by atoms with Gasteiger partial charge in [0.15, 0.2) is 0 Å². The molecule has 0 unspecified atom stereocenters. The summed E-state index contributed by atoms with van der Waals surface area (Å²) in [5, 5.41) is 0. The van der Waals surface area contributed by atoms with E-state index in [0.717, 1.165) is 0 Å². The first-order valence-electron chi connectivity index (χ1n) is 17.6. The molecule has 0 saturated carbocycles. The van der Waals surface area contributed by atoms with Gasteiger partial charge in [-0.2, -0.15) is 43.7 Å². The number of hydrogen-bond acceptors (Lipinski definition) is 0. The Kier molecular flexibility index (Phi) is 14.9. The maximum Gasteiger partial charge on any atom is 1.00 e. The van der Waals surface area contributed by atoms with E-state index in [2.05, 4.69) is 243 Å². The molecule has 0 aromatic heterocycles. The zero-order valence-corrected chi connectivity index (χ0v) is 35.4. The van der Waals surface area contributed by atoms with E-state index >= 15 is 0 Å². The molecule has 0 fully saturated rings. The molecule has 0 saturated heterocycles. The van der Waals surface area contributed by atoms with E-state index in [9.17, 15) is 0 Å². The van der Waals surface area contributed by atoms with Crippen molar-refractivity contribution >= 4 is 56.0 Å². The fourth-order valence-corrected chi connectivity index (χ4v) is 8.24. The van der Waals surface area contributed by atoms with Crippen LogP contribution in [0.1, 0.15) is 0 Å². The largest absolute Gasteiger partial charge is 1.00 e. The predicted octanol–water partition coefficient (Wildman–Crippen LogP) is 0.136. The number of rotatable bonds is 8. The Balaban J connectivity index is 0.000000194. The van der Waals surface area contributed by atoms with Crippen molar-refractivity contribution in [3.8, 4) is 0 Å². The molecular formula is C48H40B2KNa. The summed E-state index contributed by atoms with van der Waals surface area (Å²) in [5.74, 6) is 0. The van der Waals surface area contributed by atoms with Crippen molar-refractivity contribution in [1.82, 2.24) is 0 Å². The Bertz CT molecular complexity index is 1680.